The second-order valence-electron chi connectivity index (χ2n) is 4.06. The summed E-state index contributed by atoms with van der Waals surface area (Å²) in [5.41, 5.74) is 5.60. The summed E-state index contributed by atoms with van der Waals surface area (Å²) in [6, 6.07) is 2.37. The zero-order valence-corrected chi connectivity index (χ0v) is 12.6. The van der Waals surface area contributed by atoms with E-state index in [1.54, 1.807) is 0 Å². The fraction of sp³-hybridized carbons (Fsp3) is 0.333. The van der Waals surface area contributed by atoms with E-state index in [9.17, 15) is 14.7 Å². The monoisotopic (exact) mass is 348 g/mol. The Morgan fingerprint density at radius 1 is 1.53 bits per heavy atom. The molecule has 0 radical (unpaired) electrons. The van der Waals surface area contributed by atoms with Gasteiger partial charge in [0.15, 0.2) is 0 Å². The number of carbonyl (C=O) groups excluding carboxylic acids is 2. The molecule has 0 unspecified atom stereocenters. The number of phenolic OH excluding ortho intramolecular Hbond substituents is 1. The molecule has 1 rings (SSSR count). The van der Waals surface area contributed by atoms with Gasteiger partial charge in [-0.25, -0.2) is 0 Å². The van der Waals surface area contributed by atoms with Crippen molar-refractivity contribution in [3.05, 3.63) is 27.2 Å². The van der Waals surface area contributed by atoms with Crippen molar-refractivity contribution >= 4 is 39.2 Å². The highest BCUT2D eigenvalue weighted by molar-refractivity contribution is 9.10. The van der Waals surface area contributed by atoms with E-state index in [-0.39, 0.29) is 24.5 Å². The number of phenols is 1. The first-order chi connectivity index (χ1) is 8.85. The lowest BCUT2D eigenvalue weighted by Gasteiger charge is -2.19. The number of Topliss-reactive ketones (excluding diaryl/α,β-unsaturated/α-hetero) is 1. The maximum atomic E-state index is 11.4. The molecule has 1 aromatic rings. The van der Waals surface area contributed by atoms with Gasteiger partial charge in [0.25, 0.3) is 0 Å². The van der Waals surface area contributed by atoms with Crippen LogP contribution in [0.15, 0.2) is 16.6 Å². The van der Waals surface area contributed by atoms with Gasteiger partial charge in [0.05, 0.1) is 17.1 Å². The Kier molecular flexibility index (Phi) is 5.78. The van der Waals surface area contributed by atoms with Crippen molar-refractivity contribution < 1.29 is 14.7 Å². The van der Waals surface area contributed by atoms with E-state index in [1.807, 2.05) is 0 Å². The van der Waals surface area contributed by atoms with Gasteiger partial charge in [0, 0.05) is 17.0 Å². The van der Waals surface area contributed by atoms with Gasteiger partial charge in [0.2, 0.25) is 5.91 Å². The number of amides is 1. The molecule has 0 heterocycles. The Balaban J connectivity index is 3.16. The van der Waals surface area contributed by atoms with Crippen LogP contribution in [-0.4, -0.2) is 23.3 Å². The zero-order valence-electron chi connectivity index (χ0n) is 10.2. The third kappa shape index (κ3) is 4.49. The zero-order chi connectivity index (χ0) is 14.6. The molecule has 0 saturated carbocycles. The molecule has 0 aliphatic rings. The van der Waals surface area contributed by atoms with E-state index in [2.05, 4.69) is 21.2 Å². The minimum Gasteiger partial charge on any atom is -0.506 e. The van der Waals surface area contributed by atoms with Crippen molar-refractivity contribution in [2.75, 3.05) is 6.54 Å². The van der Waals surface area contributed by atoms with Crippen molar-refractivity contribution in [1.29, 1.82) is 0 Å². The number of rotatable bonds is 5. The lowest BCUT2D eigenvalue weighted by Crippen LogP contribution is -2.34. The SMILES string of the molecule is CC(=O)C[C@H](NC(=O)CN)c1cc(Cl)cc(Br)c1O. The molecule has 4 N–H and O–H groups in total. The predicted molar refractivity (Wildman–Crippen MR) is 76.1 cm³/mol. The third-order valence-electron chi connectivity index (χ3n) is 2.45. The Morgan fingerprint density at radius 3 is 2.68 bits per heavy atom. The number of carbonyl (C=O) groups is 2. The summed E-state index contributed by atoms with van der Waals surface area (Å²) in [6.07, 6.45) is 0.0477. The summed E-state index contributed by atoms with van der Waals surface area (Å²) < 4.78 is 0.394. The Hall–Kier alpha value is -1.11. The average molecular weight is 350 g/mol. The molecular formula is C12H14BrClN2O3. The number of hydrogen-bond acceptors (Lipinski definition) is 4. The van der Waals surface area contributed by atoms with Crippen LogP contribution in [-0.2, 0) is 9.59 Å². The van der Waals surface area contributed by atoms with Gasteiger partial charge in [-0.05, 0) is 35.0 Å². The molecular weight excluding hydrogens is 336 g/mol. The average Bonchev–Trinajstić information content (AvgIpc) is 2.32. The predicted octanol–water partition coefficient (Wildman–Crippen LogP) is 1.90. The van der Waals surface area contributed by atoms with Crippen LogP contribution < -0.4 is 11.1 Å². The number of ketones is 1. The Bertz CT molecular complexity index is 508. The smallest absolute Gasteiger partial charge is 0.234 e. The number of aromatic hydroxyl groups is 1. The van der Waals surface area contributed by atoms with Gasteiger partial charge in [-0.1, -0.05) is 11.6 Å². The highest BCUT2D eigenvalue weighted by Crippen LogP contribution is 2.36. The lowest BCUT2D eigenvalue weighted by molar-refractivity contribution is -0.121. The first-order valence-electron chi connectivity index (χ1n) is 5.52. The van der Waals surface area contributed by atoms with Crippen LogP contribution >= 0.6 is 27.5 Å². The number of hydrogen-bond donors (Lipinski definition) is 3. The van der Waals surface area contributed by atoms with Crippen molar-refractivity contribution in [2.45, 2.75) is 19.4 Å². The summed E-state index contributed by atoms with van der Waals surface area (Å²) in [6.45, 7) is 1.20. The third-order valence-corrected chi connectivity index (χ3v) is 3.27. The van der Waals surface area contributed by atoms with E-state index < -0.39 is 11.9 Å². The van der Waals surface area contributed by atoms with Crippen LogP contribution in [0.25, 0.3) is 0 Å². The quantitative estimate of drug-likeness (QED) is 0.757. The van der Waals surface area contributed by atoms with Crippen LogP contribution in [0.5, 0.6) is 5.75 Å². The maximum Gasteiger partial charge on any atom is 0.234 e. The van der Waals surface area contributed by atoms with Crippen LogP contribution in [0, 0.1) is 0 Å². The standard InChI is InChI=1S/C12H14BrClN2O3/c1-6(17)2-10(16-11(18)5-15)8-3-7(14)4-9(13)12(8)19/h3-4,10,19H,2,5,15H2,1H3,(H,16,18)/t10-/m0/s1. The number of benzene rings is 1. The number of halogens is 2. The van der Waals surface area contributed by atoms with Gasteiger partial charge < -0.3 is 16.2 Å². The highest BCUT2D eigenvalue weighted by atomic mass is 79.9. The molecule has 1 amide bonds. The van der Waals surface area contributed by atoms with E-state index in [4.69, 9.17) is 17.3 Å². The van der Waals surface area contributed by atoms with Crippen LogP contribution in [0.2, 0.25) is 5.02 Å². The van der Waals surface area contributed by atoms with Gasteiger partial charge in [0.1, 0.15) is 11.5 Å². The van der Waals surface area contributed by atoms with Crippen LogP contribution in [0.1, 0.15) is 24.9 Å². The van der Waals surface area contributed by atoms with Gasteiger partial charge in [-0.3, -0.25) is 9.59 Å². The first-order valence-corrected chi connectivity index (χ1v) is 6.69. The molecule has 0 aliphatic heterocycles. The molecule has 0 spiro atoms. The number of nitrogens with one attached hydrogen (secondary N) is 1. The molecule has 1 atom stereocenters. The van der Waals surface area contributed by atoms with Crippen molar-refractivity contribution in [1.82, 2.24) is 5.32 Å². The largest absolute Gasteiger partial charge is 0.506 e. The summed E-state index contributed by atoms with van der Waals surface area (Å²) in [5, 5.41) is 13.0. The second-order valence-corrected chi connectivity index (χ2v) is 5.35. The van der Waals surface area contributed by atoms with Crippen LogP contribution in [0.4, 0.5) is 0 Å². The summed E-state index contributed by atoms with van der Waals surface area (Å²) in [4.78, 5) is 22.7. The molecule has 0 aliphatic carbocycles. The minimum atomic E-state index is -0.663. The Labute approximate surface area is 124 Å². The topological polar surface area (TPSA) is 92.4 Å². The summed E-state index contributed by atoms with van der Waals surface area (Å²) in [5.74, 6) is -0.604. The molecule has 0 bridgehead atoms. The molecule has 19 heavy (non-hydrogen) atoms. The second kappa shape index (κ2) is 6.88. The van der Waals surface area contributed by atoms with Gasteiger partial charge >= 0.3 is 0 Å². The van der Waals surface area contributed by atoms with E-state index in [0.29, 0.717) is 15.1 Å². The first kappa shape index (κ1) is 15.9. The Morgan fingerprint density at radius 2 is 2.16 bits per heavy atom. The fourth-order valence-corrected chi connectivity index (χ4v) is 2.46. The summed E-state index contributed by atoms with van der Waals surface area (Å²) in [7, 11) is 0. The van der Waals surface area contributed by atoms with Gasteiger partial charge in [-0.2, -0.15) is 0 Å². The number of nitrogens with two attached hydrogens (primary N) is 1. The minimum absolute atomic E-state index is 0.0477. The van der Waals surface area contributed by atoms with Crippen LogP contribution in [0.3, 0.4) is 0 Å². The normalized spacial score (nSPS) is 12.0. The molecule has 0 aromatic heterocycles. The molecule has 5 nitrogen and oxygen atoms in total. The molecule has 0 saturated heterocycles. The van der Waals surface area contributed by atoms with E-state index >= 15 is 0 Å². The molecule has 7 heteroatoms. The van der Waals surface area contributed by atoms with Crippen molar-refractivity contribution in [3.63, 3.8) is 0 Å². The van der Waals surface area contributed by atoms with E-state index in [0.717, 1.165) is 0 Å². The molecule has 1 aromatic carbocycles. The molecule has 0 fully saturated rings. The highest BCUT2D eigenvalue weighted by Gasteiger charge is 2.21. The molecule has 104 valence electrons. The van der Waals surface area contributed by atoms with Crippen molar-refractivity contribution in [3.8, 4) is 5.75 Å². The summed E-state index contributed by atoms with van der Waals surface area (Å²) >= 11 is 9.07. The van der Waals surface area contributed by atoms with Gasteiger partial charge in [-0.15, -0.1) is 0 Å². The van der Waals surface area contributed by atoms with E-state index in [1.165, 1.54) is 19.1 Å². The lowest BCUT2D eigenvalue weighted by atomic mass is 10.0. The maximum absolute atomic E-state index is 11.4. The fourth-order valence-electron chi connectivity index (χ4n) is 1.63. The van der Waals surface area contributed by atoms with Crippen molar-refractivity contribution in [2.24, 2.45) is 5.73 Å².